The van der Waals surface area contributed by atoms with Crippen molar-refractivity contribution in [3.63, 3.8) is 0 Å². The summed E-state index contributed by atoms with van der Waals surface area (Å²) in [5.41, 5.74) is -0.639. The molecule has 15 heavy (non-hydrogen) atoms. The highest BCUT2D eigenvalue weighted by Crippen LogP contribution is 2.20. The second-order valence-electron chi connectivity index (χ2n) is 4.26. The highest BCUT2D eigenvalue weighted by atomic mass is 16.6. The van der Waals surface area contributed by atoms with Crippen LogP contribution in [0.4, 0.5) is 0 Å². The highest BCUT2D eigenvalue weighted by molar-refractivity contribution is 5.67. The number of unbranched alkanes of at least 4 members (excludes halogenated alkanes) is 2. The van der Waals surface area contributed by atoms with Crippen molar-refractivity contribution in [1.82, 2.24) is 0 Å². The van der Waals surface area contributed by atoms with Crippen LogP contribution in [0, 0.1) is 17.8 Å². The van der Waals surface area contributed by atoms with E-state index in [0.717, 1.165) is 19.3 Å². The number of carbonyl (C=O) groups is 1. The first kappa shape index (κ1) is 14.0. The molecule has 0 aromatic carbocycles. The van der Waals surface area contributed by atoms with Crippen molar-refractivity contribution < 1.29 is 9.53 Å². The maximum absolute atomic E-state index is 11.0. The molecule has 0 saturated carbocycles. The van der Waals surface area contributed by atoms with Crippen LogP contribution in [-0.2, 0) is 9.53 Å². The number of hydrogen-bond donors (Lipinski definition) is 0. The van der Waals surface area contributed by atoms with Crippen LogP contribution in [0.1, 0.15) is 53.9 Å². The molecule has 0 bridgehead atoms. The molecule has 0 fully saturated rings. The van der Waals surface area contributed by atoms with Crippen LogP contribution in [0.3, 0.4) is 0 Å². The highest BCUT2D eigenvalue weighted by Gasteiger charge is 2.29. The van der Waals surface area contributed by atoms with Gasteiger partial charge in [-0.3, -0.25) is 4.79 Å². The maximum atomic E-state index is 11.0. The Labute approximate surface area is 93.4 Å². The van der Waals surface area contributed by atoms with E-state index >= 15 is 0 Å². The lowest BCUT2D eigenvalue weighted by atomic mass is 9.92. The fraction of sp³-hybridized carbons (Fsp3) is 0.769. The minimum atomic E-state index is -0.639. The van der Waals surface area contributed by atoms with E-state index in [4.69, 9.17) is 4.74 Å². The van der Waals surface area contributed by atoms with Crippen LogP contribution in [-0.4, -0.2) is 11.6 Å². The topological polar surface area (TPSA) is 26.3 Å². The number of carbonyl (C=O) groups excluding carboxylic acids is 1. The average Bonchev–Trinajstić information content (AvgIpc) is 2.11. The lowest BCUT2D eigenvalue weighted by molar-refractivity contribution is -0.153. The van der Waals surface area contributed by atoms with Gasteiger partial charge in [-0.1, -0.05) is 39.0 Å². The van der Waals surface area contributed by atoms with Crippen LogP contribution >= 0.6 is 0 Å². The third-order valence-corrected chi connectivity index (χ3v) is 2.45. The Kier molecular flexibility index (Phi) is 6.08. The molecule has 0 aliphatic heterocycles. The second-order valence-corrected chi connectivity index (χ2v) is 4.26. The van der Waals surface area contributed by atoms with Gasteiger partial charge in [-0.2, -0.15) is 0 Å². The molecule has 0 radical (unpaired) electrons. The molecule has 0 rings (SSSR count). The summed E-state index contributed by atoms with van der Waals surface area (Å²) in [7, 11) is 0. The third-order valence-electron chi connectivity index (χ3n) is 2.45. The fourth-order valence-electron chi connectivity index (χ4n) is 1.09. The number of esters is 1. The smallest absolute Gasteiger partial charge is 0.304 e. The Morgan fingerprint density at radius 3 is 2.47 bits per heavy atom. The van der Waals surface area contributed by atoms with Gasteiger partial charge in [0.15, 0.2) is 5.60 Å². The Balaban J connectivity index is 4.48. The molecule has 0 aliphatic carbocycles. The van der Waals surface area contributed by atoms with E-state index < -0.39 is 5.60 Å². The van der Waals surface area contributed by atoms with Crippen molar-refractivity contribution in [1.29, 1.82) is 0 Å². The summed E-state index contributed by atoms with van der Waals surface area (Å²) in [6, 6.07) is 0. The molecule has 2 heteroatoms. The molecule has 0 aliphatic rings. The Morgan fingerprint density at radius 2 is 2.07 bits per heavy atom. The molecular weight excluding hydrogens is 188 g/mol. The maximum Gasteiger partial charge on any atom is 0.304 e. The van der Waals surface area contributed by atoms with Crippen LogP contribution in [0.2, 0.25) is 0 Å². The first-order chi connectivity index (χ1) is 6.92. The van der Waals surface area contributed by atoms with E-state index in [1.165, 1.54) is 6.92 Å². The van der Waals surface area contributed by atoms with Crippen molar-refractivity contribution in [2.75, 3.05) is 0 Å². The molecule has 0 aromatic heterocycles. The molecule has 0 heterocycles. The molecule has 1 unspecified atom stereocenters. The van der Waals surface area contributed by atoms with E-state index in [-0.39, 0.29) is 11.9 Å². The van der Waals surface area contributed by atoms with Gasteiger partial charge in [0.25, 0.3) is 0 Å². The number of ether oxygens (including phenoxy) is 1. The van der Waals surface area contributed by atoms with Gasteiger partial charge in [-0.15, -0.1) is 0 Å². The molecule has 0 aromatic rings. The second kappa shape index (κ2) is 6.50. The molecular formula is C13H22O2. The van der Waals surface area contributed by atoms with Gasteiger partial charge in [-0.05, 0) is 13.3 Å². The standard InChI is InChI=1S/C13H22O2/c1-6-7-8-9-10-13(5,11(2)3)15-12(4)14/h11H,6-8H2,1-5H3. The van der Waals surface area contributed by atoms with Gasteiger partial charge < -0.3 is 4.74 Å². The molecule has 0 N–H and O–H groups in total. The summed E-state index contributed by atoms with van der Waals surface area (Å²) in [5, 5.41) is 0. The summed E-state index contributed by atoms with van der Waals surface area (Å²) in [6.07, 6.45) is 3.11. The SMILES string of the molecule is CCCCC#CC(C)(OC(C)=O)C(C)C. The largest absolute Gasteiger partial charge is 0.446 e. The van der Waals surface area contributed by atoms with Gasteiger partial charge in [0.05, 0.1) is 0 Å². The van der Waals surface area contributed by atoms with E-state index in [9.17, 15) is 4.79 Å². The van der Waals surface area contributed by atoms with Gasteiger partial charge >= 0.3 is 5.97 Å². The van der Waals surface area contributed by atoms with Crippen LogP contribution < -0.4 is 0 Å². The van der Waals surface area contributed by atoms with E-state index in [1.807, 2.05) is 20.8 Å². The average molecular weight is 210 g/mol. The molecule has 1 atom stereocenters. The normalized spacial score (nSPS) is 14.0. The molecule has 2 nitrogen and oxygen atoms in total. The third kappa shape index (κ3) is 5.47. The lowest BCUT2D eigenvalue weighted by Gasteiger charge is -2.27. The molecule has 86 valence electrons. The van der Waals surface area contributed by atoms with Crippen molar-refractivity contribution in [3.05, 3.63) is 0 Å². The fourth-order valence-corrected chi connectivity index (χ4v) is 1.09. The van der Waals surface area contributed by atoms with E-state index in [1.54, 1.807) is 0 Å². The predicted octanol–water partition coefficient (Wildman–Crippen LogP) is 3.16. The molecule has 0 spiro atoms. The van der Waals surface area contributed by atoms with Gasteiger partial charge in [0, 0.05) is 19.3 Å². The summed E-state index contributed by atoms with van der Waals surface area (Å²) >= 11 is 0. The summed E-state index contributed by atoms with van der Waals surface area (Å²) in [6.45, 7) is 9.45. The van der Waals surface area contributed by atoms with E-state index in [0.29, 0.717) is 0 Å². The van der Waals surface area contributed by atoms with Crippen molar-refractivity contribution in [3.8, 4) is 11.8 Å². The van der Waals surface area contributed by atoms with Gasteiger partial charge in [0.1, 0.15) is 0 Å². The number of rotatable bonds is 4. The summed E-state index contributed by atoms with van der Waals surface area (Å²) in [4.78, 5) is 11.0. The lowest BCUT2D eigenvalue weighted by Crippen LogP contribution is -2.35. The zero-order chi connectivity index (χ0) is 11.9. The summed E-state index contributed by atoms with van der Waals surface area (Å²) in [5.74, 6) is 6.09. The minimum absolute atomic E-state index is 0.204. The zero-order valence-corrected chi connectivity index (χ0v) is 10.5. The van der Waals surface area contributed by atoms with Crippen molar-refractivity contribution in [2.45, 2.75) is 59.5 Å². The van der Waals surface area contributed by atoms with Crippen LogP contribution in [0.25, 0.3) is 0 Å². The monoisotopic (exact) mass is 210 g/mol. The Morgan fingerprint density at radius 1 is 1.47 bits per heavy atom. The van der Waals surface area contributed by atoms with Crippen molar-refractivity contribution in [2.24, 2.45) is 5.92 Å². The van der Waals surface area contributed by atoms with Crippen LogP contribution in [0.15, 0.2) is 0 Å². The predicted molar refractivity (Wildman–Crippen MR) is 62.3 cm³/mol. The first-order valence-corrected chi connectivity index (χ1v) is 5.62. The minimum Gasteiger partial charge on any atom is -0.446 e. The number of hydrogen-bond acceptors (Lipinski definition) is 2. The first-order valence-electron chi connectivity index (χ1n) is 5.62. The van der Waals surface area contributed by atoms with Gasteiger partial charge in [0.2, 0.25) is 0 Å². The Hall–Kier alpha value is -0.970. The van der Waals surface area contributed by atoms with Crippen molar-refractivity contribution >= 4 is 5.97 Å². The molecule has 0 saturated heterocycles. The summed E-state index contributed by atoms with van der Waals surface area (Å²) < 4.78 is 5.27. The van der Waals surface area contributed by atoms with E-state index in [2.05, 4.69) is 18.8 Å². The Bertz CT molecular complexity index is 257. The molecule has 0 amide bonds. The van der Waals surface area contributed by atoms with Gasteiger partial charge in [-0.25, -0.2) is 0 Å². The zero-order valence-electron chi connectivity index (χ0n) is 10.5. The quantitative estimate of drug-likeness (QED) is 0.405. The van der Waals surface area contributed by atoms with Crippen LogP contribution in [0.5, 0.6) is 0 Å².